The highest BCUT2D eigenvalue weighted by Gasteiger charge is 2.07. The average molecular weight is 245 g/mol. The molecule has 3 heterocycles. The number of H-pyrrole nitrogens is 1. The van der Waals surface area contributed by atoms with Crippen LogP contribution in [0.5, 0.6) is 0 Å². The Morgan fingerprint density at radius 1 is 1.12 bits per heavy atom. The highest BCUT2D eigenvalue weighted by Crippen LogP contribution is 2.27. The SMILES string of the molecule is Nc1cc(-c2cc3c(Cl)ccnc3[nH]2)ccn1. The highest BCUT2D eigenvalue weighted by molar-refractivity contribution is 6.35. The van der Waals surface area contributed by atoms with Crippen molar-refractivity contribution in [3.63, 3.8) is 0 Å². The van der Waals surface area contributed by atoms with Crippen molar-refractivity contribution < 1.29 is 0 Å². The van der Waals surface area contributed by atoms with Crippen molar-refractivity contribution in [1.29, 1.82) is 0 Å². The molecule has 4 nitrogen and oxygen atoms in total. The number of pyridine rings is 2. The third kappa shape index (κ3) is 1.72. The van der Waals surface area contributed by atoms with Crippen molar-refractivity contribution in [2.75, 3.05) is 5.73 Å². The van der Waals surface area contributed by atoms with Gasteiger partial charge in [0.2, 0.25) is 0 Å². The van der Waals surface area contributed by atoms with E-state index >= 15 is 0 Å². The summed E-state index contributed by atoms with van der Waals surface area (Å²) >= 11 is 6.09. The molecule has 0 aromatic carbocycles. The van der Waals surface area contributed by atoms with E-state index in [0.29, 0.717) is 10.8 Å². The summed E-state index contributed by atoms with van der Waals surface area (Å²) in [6.07, 6.45) is 3.34. The third-order valence-corrected chi connectivity index (χ3v) is 2.90. The standard InChI is InChI=1S/C12H9ClN4/c13-9-2-4-16-12-8(9)6-10(17-12)7-1-3-15-11(14)5-7/h1-6H,(H2,14,15)(H,16,17). The average Bonchev–Trinajstić information content (AvgIpc) is 2.74. The molecule has 0 bridgehead atoms. The van der Waals surface area contributed by atoms with E-state index in [9.17, 15) is 0 Å². The molecule has 0 saturated carbocycles. The zero-order valence-corrected chi connectivity index (χ0v) is 9.57. The van der Waals surface area contributed by atoms with Crippen LogP contribution in [0.15, 0.2) is 36.7 Å². The van der Waals surface area contributed by atoms with Crippen LogP contribution >= 0.6 is 11.6 Å². The van der Waals surface area contributed by atoms with Crippen LogP contribution in [-0.2, 0) is 0 Å². The molecule has 17 heavy (non-hydrogen) atoms. The molecular formula is C12H9ClN4. The topological polar surface area (TPSA) is 67.6 Å². The number of nitrogen functional groups attached to an aromatic ring is 1. The summed E-state index contributed by atoms with van der Waals surface area (Å²) in [4.78, 5) is 11.4. The number of aromatic nitrogens is 3. The zero-order valence-electron chi connectivity index (χ0n) is 8.81. The fourth-order valence-corrected chi connectivity index (χ4v) is 1.97. The smallest absolute Gasteiger partial charge is 0.139 e. The first-order chi connectivity index (χ1) is 8.24. The highest BCUT2D eigenvalue weighted by atomic mass is 35.5. The predicted octanol–water partition coefficient (Wildman–Crippen LogP) is 2.86. The Bertz CT molecular complexity index is 690. The van der Waals surface area contributed by atoms with Gasteiger partial charge in [-0.25, -0.2) is 9.97 Å². The monoisotopic (exact) mass is 244 g/mol. The first-order valence-electron chi connectivity index (χ1n) is 5.09. The molecule has 0 aliphatic carbocycles. The summed E-state index contributed by atoms with van der Waals surface area (Å²) in [5.41, 5.74) is 8.31. The van der Waals surface area contributed by atoms with Gasteiger partial charge in [-0.3, -0.25) is 0 Å². The number of rotatable bonds is 1. The van der Waals surface area contributed by atoms with E-state index in [1.807, 2.05) is 12.1 Å². The number of nitrogens with zero attached hydrogens (tertiary/aromatic N) is 2. The zero-order chi connectivity index (χ0) is 11.8. The largest absolute Gasteiger partial charge is 0.384 e. The van der Waals surface area contributed by atoms with Crippen LogP contribution < -0.4 is 5.73 Å². The van der Waals surface area contributed by atoms with Crippen LogP contribution in [0.4, 0.5) is 5.82 Å². The number of anilines is 1. The molecule has 3 N–H and O–H groups in total. The minimum Gasteiger partial charge on any atom is -0.384 e. The molecule has 3 aromatic heterocycles. The van der Waals surface area contributed by atoms with Crippen molar-refractivity contribution >= 4 is 28.5 Å². The second kappa shape index (κ2) is 3.75. The van der Waals surface area contributed by atoms with Crippen molar-refractivity contribution in [3.05, 3.63) is 41.7 Å². The Balaban J connectivity index is 2.22. The summed E-state index contributed by atoms with van der Waals surface area (Å²) in [6.45, 7) is 0. The lowest BCUT2D eigenvalue weighted by atomic mass is 10.2. The minimum absolute atomic E-state index is 0.486. The predicted molar refractivity (Wildman–Crippen MR) is 68.7 cm³/mol. The summed E-state index contributed by atoms with van der Waals surface area (Å²) in [6, 6.07) is 7.41. The maximum atomic E-state index is 6.09. The summed E-state index contributed by atoms with van der Waals surface area (Å²) < 4.78 is 0. The number of aromatic amines is 1. The van der Waals surface area contributed by atoms with Gasteiger partial charge in [0, 0.05) is 29.0 Å². The van der Waals surface area contributed by atoms with Crippen LogP contribution in [0.1, 0.15) is 0 Å². The number of hydrogen-bond acceptors (Lipinski definition) is 3. The van der Waals surface area contributed by atoms with E-state index in [-0.39, 0.29) is 0 Å². The quantitative estimate of drug-likeness (QED) is 0.692. The van der Waals surface area contributed by atoms with Gasteiger partial charge in [-0.1, -0.05) is 11.6 Å². The molecule has 84 valence electrons. The van der Waals surface area contributed by atoms with Gasteiger partial charge in [-0.15, -0.1) is 0 Å². The summed E-state index contributed by atoms with van der Waals surface area (Å²) in [5.74, 6) is 0.486. The molecule has 0 unspecified atom stereocenters. The summed E-state index contributed by atoms with van der Waals surface area (Å²) in [7, 11) is 0. The second-order valence-electron chi connectivity index (χ2n) is 3.71. The molecule has 0 radical (unpaired) electrons. The molecule has 0 aliphatic heterocycles. The molecule has 3 rings (SSSR count). The van der Waals surface area contributed by atoms with Gasteiger partial charge >= 0.3 is 0 Å². The summed E-state index contributed by atoms with van der Waals surface area (Å²) in [5, 5.41) is 1.58. The van der Waals surface area contributed by atoms with Crippen LogP contribution in [0.3, 0.4) is 0 Å². The third-order valence-electron chi connectivity index (χ3n) is 2.57. The van der Waals surface area contributed by atoms with E-state index in [2.05, 4.69) is 15.0 Å². The van der Waals surface area contributed by atoms with Gasteiger partial charge in [0.25, 0.3) is 0 Å². The first-order valence-corrected chi connectivity index (χ1v) is 5.47. The molecule has 0 amide bonds. The molecule has 0 fully saturated rings. The van der Waals surface area contributed by atoms with E-state index in [1.165, 1.54) is 0 Å². The van der Waals surface area contributed by atoms with Gasteiger partial charge in [-0.05, 0) is 24.3 Å². The van der Waals surface area contributed by atoms with Crippen LogP contribution in [0.2, 0.25) is 5.02 Å². The maximum Gasteiger partial charge on any atom is 0.139 e. The first kappa shape index (κ1) is 10.1. The maximum absolute atomic E-state index is 6.09. The number of hydrogen-bond donors (Lipinski definition) is 2. The van der Waals surface area contributed by atoms with E-state index in [0.717, 1.165) is 22.3 Å². The lowest BCUT2D eigenvalue weighted by Crippen LogP contribution is -1.89. The minimum atomic E-state index is 0.486. The van der Waals surface area contributed by atoms with Crippen molar-refractivity contribution in [3.8, 4) is 11.3 Å². The fourth-order valence-electron chi connectivity index (χ4n) is 1.77. The number of halogens is 1. The molecule has 3 aromatic rings. The molecular weight excluding hydrogens is 236 g/mol. The number of nitrogens with two attached hydrogens (primary N) is 1. The van der Waals surface area contributed by atoms with Crippen molar-refractivity contribution in [2.24, 2.45) is 0 Å². The number of fused-ring (bicyclic) bond motifs is 1. The van der Waals surface area contributed by atoms with Crippen LogP contribution in [-0.4, -0.2) is 15.0 Å². The van der Waals surface area contributed by atoms with Gasteiger partial charge in [0.05, 0.1) is 5.02 Å². The van der Waals surface area contributed by atoms with E-state index in [4.69, 9.17) is 17.3 Å². The Hall–Kier alpha value is -2.07. The normalized spacial score (nSPS) is 10.9. The fraction of sp³-hybridized carbons (Fsp3) is 0. The van der Waals surface area contributed by atoms with Gasteiger partial charge in [0.1, 0.15) is 11.5 Å². The molecule has 0 atom stereocenters. The molecule has 5 heteroatoms. The second-order valence-corrected chi connectivity index (χ2v) is 4.11. The number of nitrogens with one attached hydrogen (secondary N) is 1. The molecule has 0 saturated heterocycles. The van der Waals surface area contributed by atoms with Gasteiger partial charge < -0.3 is 10.7 Å². The Morgan fingerprint density at radius 3 is 2.71 bits per heavy atom. The van der Waals surface area contributed by atoms with E-state index in [1.54, 1.807) is 24.5 Å². The Morgan fingerprint density at radius 2 is 1.94 bits per heavy atom. The van der Waals surface area contributed by atoms with Crippen LogP contribution in [0.25, 0.3) is 22.3 Å². The molecule has 0 aliphatic rings. The lowest BCUT2D eigenvalue weighted by molar-refractivity contribution is 1.30. The van der Waals surface area contributed by atoms with E-state index < -0.39 is 0 Å². The Labute approximate surface area is 102 Å². The Kier molecular flexibility index (Phi) is 2.23. The van der Waals surface area contributed by atoms with Crippen LogP contribution in [0, 0.1) is 0 Å². The lowest BCUT2D eigenvalue weighted by Gasteiger charge is -1.97. The molecule has 0 spiro atoms. The van der Waals surface area contributed by atoms with Gasteiger partial charge in [-0.2, -0.15) is 0 Å². The van der Waals surface area contributed by atoms with Gasteiger partial charge in [0.15, 0.2) is 0 Å². The van der Waals surface area contributed by atoms with Crippen molar-refractivity contribution in [2.45, 2.75) is 0 Å². The van der Waals surface area contributed by atoms with Crippen molar-refractivity contribution in [1.82, 2.24) is 15.0 Å².